The maximum Gasteiger partial charge on any atom is 0.417 e. The average molecular weight is 814 g/mol. The van der Waals surface area contributed by atoms with Crippen LogP contribution in [0.5, 0.6) is 0 Å². The van der Waals surface area contributed by atoms with Crippen LogP contribution in [-0.4, -0.2) is 143 Å². The first-order valence-electron chi connectivity index (χ1n) is 21.3. The maximum atomic E-state index is 14.3. The minimum atomic E-state index is -1.13. The van der Waals surface area contributed by atoms with Gasteiger partial charge in [0.05, 0.1) is 12.1 Å². The number of likely N-dealkylation sites (tertiary alicyclic amines) is 4. The van der Waals surface area contributed by atoms with E-state index in [0.29, 0.717) is 94.5 Å². The summed E-state index contributed by atoms with van der Waals surface area (Å²) in [5.41, 5.74) is 4.33. The van der Waals surface area contributed by atoms with Crippen LogP contribution >= 0.6 is 0 Å². The summed E-state index contributed by atoms with van der Waals surface area (Å²) >= 11 is 0. The number of H-pyrrole nitrogens is 1. The largest absolute Gasteiger partial charge is 0.464 e. The number of nitrogens with one attached hydrogen (secondary N) is 2. The number of aromatic nitrogens is 1. The molecule has 1 aromatic heterocycles. The van der Waals surface area contributed by atoms with E-state index in [-0.39, 0.29) is 55.0 Å². The molecule has 16 nitrogen and oxygen atoms in total. The van der Waals surface area contributed by atoms with Crippen molar-refractivity contribution in [3.05, 3.63) is 63.6 Å². The number of rotatable bonds is 11. The van der Waals surface area contributed by atoms with Crippen LogP contribution in [0.2, 0.25) is 0 Å². The van der Waals surface area contributed by atoms with Gasteiger partial charge in [0.25, 0.3) is 5.91 Å². The molecule has 4 fully saturated rings. The Bertz CT molecular complexity index is 2100. The zero-order valence-electron chi connectivity index (χ0n) is 33.8. The number of oxazole rings is 1. The van der Waals surface area contributed by atoms with Crippen LogP contribution in [0.25, 0.3) is 11.1 Å². The molecule has 2 N–H and O–H groups in total. The van der Waals surface area contributed by atoms with Crippen molar-refractivity contribution in [2.75, 3.05) is 64.3 Å². The van der Waals surface area contributed by atoms with Crippen molar-refractivity contribution >= 4 is 46.7 Å². The molecule has 6 heterocycles. The number of piperidine rings is 2. The van der Waals surface area contributed by atoms with Gasteiger partial charge in [-0.05, 0) is 100 Å². The van der Waals surface area contributed by atoms with Gasteiger partial charge in [-0.2, -0.15) is 0 Å². The van der Waals surface area contributed by atoms with Gasteiger partial charge in [-0.15, -0.1) is 0 Å². The summed E-state index contributed by atoms with van der Waals surface area (Å²) in [5.74, 6) is -0.930. The Hall–Kier alpha value is -5.38. The molecule has 0 saturated carbocycles. The van der Waals surface area contributed by atoms with Gasteiger partial charge in [-0.1, -0.05) is 24.3 Å². The lowest BCUT2D eigenvalue weighted by Crippen LogP contribution is -2.53. The van der Waals surface area contributed by atoms with E-state index in [2.05, 4.69) is 15.2 Å². The Morgan fingerprint density at radius 1 is 0.864 bits per heavy atom. The molecule has 5 aliphatic heterocycles. The third-order valence-corrected chi connectivity index (χ3v) is 12.8. The smallest absolute Gasteiger partial charge is 0.417 e. The van der Waals surface area contributed by atoms with E-state index in [1.165, 1.54) is 0 Å². The predicted molar refractivity (Wildman–Crippen MR) is 217 cm³/mol. The number of carbonyl (C=O) groups is 5. The molecule has 8 rings (SSSR count). The number of nitrogens with zero attached hydrogens (tertiary/aromatic N) is 5. The van der Waals surface area contributed by atoms with E-state index in [1.807, 2.05) is 47.1 Å². The number of para-hydroxylation sites is 1. The minimum Gasteiger partial charge on any atom is -0.464 e. The normalized spacial score (nSPS) is 21.4. The van der Waals surface area contributed by atoms with Gasteiger partial charge in [-0.3, -0.25) is 24.3 Å². The van der Waals surface area contributed by atoms with Crippen molar-refractivity contribution < 1.29 is 37.9 Å². The zero-order valence-corrected chi connectivity index (χ0v) is 33.8. The van der Waals surface area contributed by atoms with Crippen LogP contribution < -0.4 is 11.1 Å². The van der Waals surface area contributed by atoms with Crippen molar-refractivity contribution in [3.63, 3.8) is 0 Å². The highest BCUT2D eigenvalue weighted by Crippen LogP contribution is 2.29. The summed E-state index contributed by atoms with van der Waals surface area (Å²) in [6, 6.07) is 11.0. The van der Waals surface area contributed by atoms with Crippen molar-refractivity contribution in [2.24, 2.45) is 0 Å². The molecule has 2 atom stereocenters. The van der Waals surface area contributed by atoms with E-state index in [4.69, 9.17) is 13.9 Å². The molecule has 0 radical (unpaired) electrons. The molecule has 2 aromatic carbocycles. The van der Waals surface area contributed by atoms with Gasteiger partial charge in [0, 0.05) is 76.4 Å². The monoisotopic (exact) mass is 813 g/mol. The third-order valence-electron chi connectivity index (χ3n) is 12.8. The van der Waals surface area contributed by atoms with Crippen molar-refractivity contribution in [1.29, 1.82) is 0 Å². The maximum absolute atomic E-state index is 14.3. The summed E-state index contributed by atoms with van der Waals surface area (Å²) < 4.78 is 17.1. The highest BCUT2D eigenvalue weighted by molar-refractivity contribution is 5.91. The van der Waals surface area contributed by atoms with E-state index < -0.39 is 18.0 Å². The molecule has 0 spiro atoms. The van der Waals surface area contributed by atoms with E-state index in [0.717, 1.165) is 55.6 Å². The van der Waals surface area contributed by atoms with Gasteiger partial charge in [-0.25, -0.2) is 14.4 Å². The fourth-order valence-electron chi connectivity index (χ4n) is 9.67. The highest BCUT2D eigenvalue weighted by Gasteiger charge is 2.40. The summed E-state index contributed by atoms with van der Waals surface area (Å²) in [5, 5.41) is 3.04. The first-order valence-corrected chi connectivity index (χ1v) is 21.3. The molecule has 5 aliphatic rings. The van der Waals surface area contributed by atoms with Crippen LogP contribution in [-0.2, 0) is 36.7 Å². The fraction of sp³-hybridized carbons (Fsp3) is 0.581. The number of esters is 1. The van der Waals surface area contributed by atoms with Crippen LogP contribution in [0.15, 0.2) is 45.6 Å². The number of urea groups is 1. The quantitative estimate of drug-likeness (QED) is 0.212. The molecule has 3 aromatic rings. The average Bonchev–Trinajstić information content (AvgIpc) is 3.97. The minimum absolute atomic E-state index is 0.0402. The molecular weight excluding hydrogens is 759 g/mol. The number of fused-ring (bicyclic) bond motifs is 2. The van der Waals surface area contributed by atoms with E-state index >= 15 is 0 Å². The Morgan fingerprint density at radius 3 is 2.41 bits per heavy atom. The summed E-state index contributed by atoms with van der Waals surface area (Å²) in [6.07, 6.45) is 5.32. The number of benzene rings is 2. The lowest BCUT2D eigenvalue weighted by Gasteiger charge is -2.40. The Kier molecular flexibility index (Phi) is 12.2. The Morgan fingerprint density at radius 2 is 1.63 bits per heavy atom. The number of hydrogen-bond acceptors (Lipinski definition) is 10. The lowest BCUT2D eigenvalue weighted by atomic mass is 9.99. The second-order valence-corrected chi connectivity index (χ2v) is 16.6. The van der Waals surface area contributed by atoms with Crippen LogP contribution in [0.1, 0.15) is 74.5 Å². The third kappa shape index (κ3) is 9.12. The number of anilines is 1. The number of carbonyl (C=O) groups excluding carboxylic acids is 5. The number of ether oxygens (including phenoxy) is 2. The standard InChI is InChI=1S/C43H55N7O9/c1-28-25-29(26-35-38(28)45-42(55)58-35)27-36(59-43(56)48-21-14-32(15-22-48)50-23-11-30-7-2-3-8-33(30)44-41(50)54)39(52)47-19-12-31(13-20-47)49-18-4-9-34(49)40(53)57-24-6-17-46-16-5-10-37(46)51/h2-3,7-8,25-26,31-32,34,36H,4-6,9-24,27H2,1H3,(H,44,54)(H,45,55)/t34-,36-/m1/s1. The number of hydrogen-bond donors (Lipinski definition) is 2. The summed E-state index contributed by atoms with van der Waals surface area (Å²) in [7, 11) is 0. The van der Waals surface area contributed by atoms with Crippen molar-refractivity contribution in [3.8, 4) is 0 Å². The first-order chi connectivity index (χ1) is 28.6. The van der Waals surface area contributed by atoms with Gasteiger partial charge in [0.15, 0.2) is 11.7 Å². The van der Waals surface area contributed by atoms with Crippen molar-refractivity contribution in [2.45, 2.75) is 102 Å². The molecule has 0 aliphatic carbocycles. The molecular formula is C43H55N7O9. The molecule has 0 bridgehead atoms. The molecule has 0 unspecified atom stereocenters. The first kappa shape index (κ1) is 40.4. The van der Waals surface area contributed by atoms with Gasteiger partial charge < -0.3 is 38.8 Å². The van der Waals surface area contributed by atoms with Gasteiger partial charge in [0.2, 0.25) is 5.91 Å². The Balaban J connectivity index is 0.882. The van der Waals surface area contributed by atoms with E-state index in [1.54, 1.807) is 15.9 Å². The highest BCUT2D eigenvalue weighted by atomic mass is 16.6. The molecule has 4 saturated heterocycles. The lowest BCUT2D eigenvalue weighted by molar-refractivity contribution is -0.151. The molecule has 316 valence electrons. The van der Waals surface area contributed by atoms with Crippen LogP contribution in [0.4, 0.5) is 15.3 Å². The molecule has 16 heteroatoms. The summed E-state index contributed by atoms with van der Waals surface area (Å²) in [4.78, 5) is 90.5. The van der Waals surface area contributed by atoms with Gasteiger partial charge in [0.1, 0.15) is 6.04 Å². The van der Waals surface area contributed by atoms with E-state index in [9.17, 15) is 28.8 Å². The Labute approximate surface area is 343 Å². The molecule has 59 heavy (non-hydrogen) atoms. The topological polar surface area (TPSA) is 178 Å². The predicted octanol–water partition coefficient (Wildman–Crippen LogP) is 4.04. The van der Waals surface area contributed by atoms with Gasteiger partial charge >= 0.3 is 23.8 Å². The number of amides is 5. The summed E-state index contributed by atoms with van der Waals surface area (Å²) in [6.45, 7) is 6.51. The van der Waals surface area contributed by atoms with Crippen LogP contribution in [0.3, 0.4) is 0 Å². The second-order valence-electron chi connectivity index (χ2n) is 16.6. The number of aryl methyl sites for hydroxylation is 1. The second kappa shape index (κ2) is 17.9. The van der Waals surface area contributed by atoms with Crippen molar-refractivity contribution in [1.82, 2.24) is 29.5 Å². The number of aromatic amines is 1. The SMILES string of the molecule is Cc1cc(C[C@@H](OC(=O)N2CCC(N3CCc4ccccc4NC3=O)CC2)C(=O)N2CCC(N3CCC[C@@H]3C(=O)OCCCN3CCCC3=O)CC2)cc2oc(=O)[nH]c12. The fourth-order valence-corrected chi connectivity index (χ4v) is 9.67. The zero-order chi connectivity index (χ0) is 41.0. The molecule has 5 amide bonds. The van der Waals surface area contributed by atoms with Crippen LogP contribution in [0, 0.1) is 6.92 Å².